The zero-order chi connectivity index (χ0) is 9.68. The van der Waals surface area contributed by atoms with Crippen LogP contribution in [0.25, 0.3) is 0 Å². The van der Waals surface area contributed by atoms with Gasteiger partial charge in [-0.1, -0.05) is 23.7 Å². The van der Waals surface area contributed by atoms with Crippen molar-refractivity contribution in [1.82, 2.24) is 0 Å². The molecule has 0 heterocycles. The maximum Gasteiger partial charge on any atom is 0.0832 e. The molecule has 0 aliphatic heterocycles. The molecule has 72 valence electrons. The van der Waals surface area contributed by atoms with Crippen molar-refractivity contribution in [3.63, 3.8) is 0 Å². The maximum atomic E-state index is 5.77. The lowest BCUT2D eigenvalue weighted by Gasteiger charge is -2.13. The van der Waals surface area contributed by atoms with E-state index in [1.165, 1.54) is 0 Å². The maximum absolute atomic E-state index is 5.77. The van der Waals surface area contributed by atoms with E-state index in [-0.39, 0.29) is 6.10 Å². The van der Waals surface area contributed by atoms with E-state index in [0.29, 0.717) is 5.88 Å². The molecule has 1 nitrogen and oxygen atoms in total. The number of halogens is 2. The van der Waals surface area contributed by atoms with Crippen molar-refractivity contribution in [2.24, 2.45) is 0 Å². The quantitative estimate of drug-likeness (QED) is 0.702. The van der Waals surface area contributed by atoms with E-state index in [1.54, 1.807) is 7.11 Å². The zero-order valence-corrected chi connectivity index (χ0v) is 8.98. The fourth-order valence-electron chi connectivity index (χ4n) is 1.20. The van der Waals surface area contributed by atoms with Crippen LogP contribution in [0, 0.1) is 0 Å². The first-order chi connectivity index (χ1) is 6.27. The number of rotatable bonds is 4. The predicted octanol–water partition coefficient (Wildman–Crippen LogP) is 3.66. The van der Waals surface area contributed by atoms with Crippen LogP contribution in [0.1, 0.15) is 18.1 Å². The molecule has 1 atom stereocenters. The second kappa shape index (κ2) is 5.48. The van der Waals surface area contributed by atoms with Gasteiger partial charge in [0.15, 0.2) is 0 Å². The van der Waals surface area contributed by atoms with Gasteiger partial charge < -0.3 is 4.74 Å². The van der Waals surface area contributed by atoms with Crippen molar-refractivity contribution in [3.8, 4) is 0 Å². The molecule has 1 aromatic carbocycles. The summed E-state index contributed by atoms with van der Waals surface area (Å²) in [6, 6.07) is 7.64. The van der Waals surface area contributed by atoms with Crippen molar-refractivity contribution < 1.29 is 4.74 Å². The van der Waals surface area contributed by atoms with E-state index in [1.807, 2.05) is 24.3 Å². The Morgan fingerprint density at radius 3 is 2.38 bits per heavy atom. The second-order valence-electron chi connectivity index (χ2n) is 2.75. The molecule has 0 saturated carbocycles. The van der Waals surface area contributed by atoms with Gasteiger partial charge in [-0.2, -0.15) is 0 Å². The van der Waals surface area contributed by atoms with Crippen LogP contribution in [0.5, 0.6) is 0 Å². The van der Waals surface area contributed by atoms with Gasteiger partial charge in [-0.3, -0.25) is 0 Å². The third-order valence-electron chi connectivity index (χ3n) is 1.90. The molecule has 0 aliphatic rings. The van der Waals surface area contributed by atoms with Gasteiger partial charge in [0.1, 0.15) is 0 Å². The Morgan fingerprint density at radius 2 is 1.92 bits per heavy atom. The molecular formula is C10H12Cl2O. The monoisotopic (exact) mass is 218 g/mol. The lowest BCUT2D eigenvalue weighted by Crippen LogP contribution is -2.01. The van der Waals surface area contributed by atoms with Gasteiger partial charge in [-0.15, -0.1) is 11.6 Å². The first kappa shape index (κ1) is 10.8. The largest absolute Gasteiger partial charge is 0.377 e. The normalized spacial score (nSPS) is 12.8. The molecule has 3 heteroatoms. The van der Waals surface area contributed by atoms with Crippen molar-refractivity contribution in [1.29, 1.82) is 0 Å². The van der Waals surface area contributed by atoms with E-state index < -0.39 is 0 Å². The standard InChI is InChI=1S/C10H12Cl2O/c1-13-10(6-7-11)8-2-4-9(12)5-3-8/h2-5,10H,6-7H2,1H3. The van der Waals surface area contributed by atoms with E-state index in [4.69, 9.17) is 27.9 Å². The Morgan fingerprint density at radius 1 is 1.31 bits per heavy atom. The highest BCUT2D eigenvalue weighted by Crippen LogP contribution is 2.22. The van der Waals surface area contributed by atoms with Crippen LogP contribution in [0.4, 0.5) is 0 Å². The van der Waals surface area contributed by atoms with E-state index in [9.17, 15) is 0 Å². The Bertz CT molecular complexity index is 246. The van der Waals surface area contributed by atoms with Crippen molar-refractivity contribution in [3.05, 3.63) is 34.9 Å². The molecule has 0 N–H and O–H groups in total. The van der Waals surface area contributed by atoms with Gasteiger partial charge in [0.2, 0.25) is 0 Å². The highest BCUT2D eigenvalue weighted by atomic mass is 35.5. The summed E-state index contributed by atoms with van der Waals surface area (Å²) in [5.41, 5.74) is 1.12. The number of hydrogen-bond acceptors (Lipinski definition) is 1. The third-order valence-corrected chi connectivity index (χ3v) is 2.37. The lowest BCUT2D eigenvalue weighted by molar-refractivity contribution is 0.101. The van der Waals surface area contributed by atoms with Gasteiger partial charge >= 0.3 is 0 Å². The average Bonchev–Trinajstić information content (AvgIpc) is 2.16. The van der Waals surface area contributed by atoms with Crippen LogP contribution in [0.15, 0.2) is 24.3 Å². The molecular weight excluding hydrogens is 207 g/mol. The first-order valence-corrected chi connectivity index (χ1v) is 5.03. The zero-order valence-electron chi connectivity index (χ0n) is 7.47. The van der Waals surface area contributed by atoms with E-state index >= 15 is 0 Å². The van der Waals surface area contributed by atoms with Crippen LogP contribution in [-0.2, 0) is 4.74 Å². The van der Waals surface area contributed by atoms with Crippen LogP contribution >= 0.6 is 23.2 Å². The molecule has 0 saturated heterocycles. The van der Waals surface area contributed by atoms with Crippen LogP contribution in [0.2, 0.25) is 5.02 Å². The van der Waals surface area contributed by atoms with E-state index in [0.717, 1.165) is 17.0 Å². The summed E-state index contributed by atoms with van der Waals surface area (Å²) in [5, 5.41) is 0.740. The minimum atomic E-state index is 0.0785. The highest BCUT2D eigenvalue weighted by molar-refractivity contribution is 6.30. The first-order valence-electron chi connectivity index (χ1n) is 4.12. The number of ether oxygens (including phenoxy) is 1. The molecule has 1 rings (SSSR count). The molecule has 1 aromatic rings. The summed E-state index contributed by atoms with van der Waals surface area (Å²) in [4.78, 5) is 0. The summed E-state index contributed by atoms with van der Waals surface area (Å²) in [6.45, 7) is 0. The lowest BCUT2D eigenvalue weighted by atomic mass is 10.1. The minimum absolute atomic E-state index is 0.0785. The van der Waals surface area contributed by atoms with Gasteiger partial charge in [0.25, 0.3) is 0 Å². The Hall–Kier alpha value is -0.240. The molecule has 0 spiro atoms. The van der Waals surface area contributed by atoms with Crippen molar-refractivity contribution >= 4 is 23.2 Å². The molecule has 0 fully saturated rings. The van der Waals surface area contributed by atoms with Gasteiger partial charge in [-0.05, 0) is 24.1 Å². The fourth-order valence-corrected chi connectivity index (χ4v) is 1.52. The summed E-state index contributed by atoms with van der Waals surface area (Å²) >= 11 is 11.4. The highest BCUT2D eigenvalue weighted by Gasteiger charge is 2.08. The second-order valence-corrected chi connectivity index (χ2v) is 3.57. The van der Waals surface area contributed by atoms with Crippen LogP contribution in [0.3, 0.4) is 0 Å². The molecule has 0 radical (unpaired) electrons. The Kier molecular flexibility index (Phi) is 4.57. The minimum Gasteiger partial charge on any atom is -0.377 e. The number of hydrogen-bond donors (Lipinski definition) is 0. The molecule has 13 heavy (non-hydrogen) atoms. The topological polar surface area (TPSA) is 9.23 Å². The van der Waals surface area contributed by atoms with Crippen LogP contribution < -0.4 is 0 Å². The number of methoxy groups -OCH3 is 1. The average molecular weight is 219 g/mol. The molecule has 1 unspecified atom stereocenters. The molecule has 0 amide bonds. The number of alkyl halides is 1. The summed E-state index contributed by atoms with van der Waals surface area (Å²) in [7, 11) is 1.69. The SMILES string of the molecule is COC(CCCl)c1ccc(Cl)cc1. The molecule has 0 aliphatic carbocycles. The summed E-state index contributed by atoms with van der Waals surface area (Å²) < 4.78 is 5.29. The Labute approximate surface area is 88.6 Å². The Balaban J connectivity index is 2.73. The molecule has 0 bridgehead atoms. The smallest absolute Gasteiger partial charge is 0.0832 e. The van der Waals surface area contributed by atoms with Crippen molar-refractivity contribution in [2.75, 3.05) is 13.0 Å². The number of benzene rings is 1. The summed E-state index contributed by atoms with van der Waals surface area (Å²) in [5.74, 6) is 0.598. The van der Waals surface area contributed by atoms with Crippen molar-refractivity contribution in [2.45, 2.75) is 12.5 Å². The van der Waals surface area contributed by atoms with E-state index in [2.05, 4.69) is 0 Å². The fraction of sp³-hybridized carbons (Fsp3) is 0.400. The molecule has 0 aromatic heterocycles. The summed E-state index contributed by atoms with van der Waals surface area (Å²) in [6.07, 6.45) is 0.898. The third kappa shape index (κ3) is 3.18. The van der Waals surface area contributed by atoms with Gasteiger partial charge in [-0.25, -0.2) is 0 Å². The van der Waals surface area contributed by atoms with Gasteiger partial charge in [0.05, 0.1) is 6.10 Å². The predicted molar refractivity (Wildman–Crippen MR) is 56.5 cm³/mol. The van der Waals surface area contributed by atoms with Gasteiger partial charge in [0, 0.05) is 18.0 Å². The van der Waals surface area contributed by atoms with Crippen LogP contribution in [-0.4, -0.2) is 13.0 Å².